The molecule has 1 N–H and O–H groups in total. The topological polar surface area (TPSA) is 52.9 Å². The van der Waals surface area contributed by atoms with Gasteiger partial charge in [0.25, 0.3) is 0 Å². The Morgan fingerprint density at radius 2 is 1.93 bits per heavy atom. The lowest BCUT2D eigenvalue weighted by molar-refractivity contribution is -0.120. The van der Waals surface area contributed by atoms with Crippen molar-refractivity contribution in [1.82, 2.24) is 5.32 Å². The first-order valence-corrected chi connectivity index (χ1v) is 5.34. The number of carbonyl (C=O) groups is 1. The summed E-state index contributed by atoms with van der Waals surface area (Å²) in [7, 11) is 0. The van der Waals surface area contributed by atoms with E-state index in [0.717, 1.165) is 44.4 Å². The zero-order valence-corrected chi connectivity index (χ0v) is 8.31. The smallest absolute Gasteiger partial charge is 0.228 e. The van der Waals surface area contributed by atoms with Crippen LogP contribution in [-0.4, -0.2) is 11.4 Å². The lowest BCUT2D eigenvalue weighted by atomic mass is 9.88. The van der Waals surface area contributed by atoms with E-state index in [2.05, 4.69) is 11.4 Å². The maximum atomic E-state index is 11.7. The fourth-order valence-electron chi connectivity index (χ4n) is 1.90. The van der Waals surface area contributed by atoms with Gasteiger partial charge in [-0.15, -0.1) is 0 Å². The van der Waals surface area contributed by atoms with E-state index in [9.17, 15) is 4.79 Å². The molecule has 0 bridgehead atoms. The van der Waals surface area contributed by atoms with Gasteiger partial charge in [0.15, 0.2) is 0 Å². The van der Waals surface area contributed by atoms with Crippen molar-refractivity contribution in [3.8, 4) is 6.07 Å². The minimum absolute atomic E-state index is 0.0313. The van der Waals surface area contributed by atoms with E-state index in [1.165, 1.54) is 6.42 Å². The number of hydrogen-bond acceptors (Lipinski definition) is 2. The molecular formula is C11H15N2O. The van der Waals surface area contributed by atoms with Gasteiger partial charge in [0.2, 0.25) is 5.91 Å². The Bertz CT molecular complexity index is 270. The molecule has 1 radical (unpaired) electrons. The monoisotopic (exact) mass is 191 g/mol. The molecule has 0 aromatic carbocycles. The van der Waals surface area contributed by atoms with Gasteiger partial charge in [0, 0.05) is 0 Å². The Labute approximate surface area is 84.5 Å². The second kappa shape index (κ2) is 3.61. The zero-order valence-electron chi connectivity index (χ0n) is 8.31. The number of amides is 1. The second-order valence-corrected chi connectivity index (χ2v) is 4.31. The van der Waals surface area contributed by atoms with Crippen LogP contribution in [0.2, 0.25) is 0 Å². The highest BCUT2D eigenvalue weighted by Gasteiger charge is 2.45. The third-order valence-corrected chi connectivity index (χ3v) is 3.10. The van der Waals surface area contributed by atoms with Crippen molar-refractivity contribution in [3.05, 3.63) is 5.92 Å². The Balaban J connectivity index is 1.86. The first kappa shape index (κ1) is 9.51. The second-order valence-electron chi connectivity index (χ2n) is 4.31. The van der Waals surface area contributed by atoms with Crippen LogP contribution in [0.5, 0.6) is 0 Å². The Morgan fingerprint density at radius 3 is 2.43 bits per heavy atom. The summed E-state index contributed by atoms with van der Waals surface area (Å²) in [5, 5.41) is 11.7. The molecule has 2 fully saturated rings. The van der Waals surface area contributed by atoms with Crippen molar-refractivity contribution < 1.29 is 4.79 Å². The van der Waals surface area contributed by atoms with Crippen LogP contribution in [0.25, 0.3) is 0 Å². The fraction of sp³-hybridized carbons (Fsp3) is 0.727. The lowest BCUT2D eigenvalue weighted by Gasteiger charge is -2.21. The molecule has 3 nitrogen and oxygen atoms in total. The molecule has 0 aliphatic heterocycles. The van der Waals surface area contributed by atoms with Gasteiger partial charge in [-0.2, -0.15) is 5.26 Å². The van der Waals surface area contributed by atoms with Crippen LogP contribution in [0.3, 0.4) is 0 Å². The zero-order chi connectivity index (χ0) is 10.0. The van der Waals surface area contributed by atoms with Gasteiger partial charge in [-0.25, -0.2) is 0 Å². The largest absolute Gasteiger partial charge is 0.337 e. The quantitative estimate of drug-likeness (QED) is 0.722. The van der Waals surface area contributed by atoms with Crippen molar-refractivity contribution in [2.45, 2.75) is 50.5 Å². The van der Waals surface area contributed by atoms with Gasteiger partial charge in [-0.05, 0) is 25.7 Å². The summed E-state index contributed by atoms with van der Waals surface area (Å²) >= 11 is 0. The maximum Gasteiger partial charge on any atom is 0.228 e. The molecule has 0 unspecified atom stereocenters. The number of nitrogens with one attached hydrogen (secondary N) is 1. The van der Waals surface area contributed by atoms with Crippen LogP contribution in [0, 0.1) is 17.2 Å². The number of carbonyl (C=O) groups excluding carboxylic acids is 1. The summed E-state index contributed by atoms with van der Waals surface area (Å²) in [4.78, 5) is 11.7. The summed E-state index contributed by atoms with van der Waals surface area (Å²) in [6, 6.07) is 2.18. The van der Waals surface area contributed by atoms with E-state index in [4.69, 9.17) is 5.26 Å². The maximum absolute atomic E-state index is 11.7. The molecule has 0 heterocycles. The predicted molar refractivity (Wildman–Crippen MR) is 52.0 cm³/mol. The lowest BCUT2D eigenvalue weighted by Crippen LogP contribution is -2.39. The molecule has 2 aliphatic carbocycles. The van der Waals surface area contributed by atoms with Gasteiger partial charge in [-0.1, -0.05) is 19.3 Å². The molecule has 0 spiro atoms. The number of nitriles is 1. The van der Waals surface area contributed by atoms with Crippen LogP contribution in [0.1, 0.15) is 44.9 Å². The molecule has 0 atom stereocenters. The first-order chi connectivity index (χ1) is 6.76. The van der Waals surface area contributed by atoms with Crippen LogP contribution >= 0.6 is 0 Å². The molecule has 2 aliphatic rings. The number of rotatable bonds is 2. The van der Waals surface area contributed by atoms with E-state index >= 15 is 0 Å². The molecule has 0 saturated heterocycles. The molecular weight excluding hydrogens is 176 g/mol. The molecule has 0 aromatic rings. The summed E-state index contributed by atoms with van der Waals surface area (Å²) in [5.74, 6) is 1.03. The Morgan fingerprint density at radius 1 is 1.29 bits per heavy atom. The molecule has 14 heavy (non-hydrogen) atoms. The number of nitrogens with zero attached hydrogens (tertiary/aromatic N) is 1. The van der Waals surface area contributed by atoms with Gasteiger partial charge in [0.05, 0.1) is 12.0 Å². The van der Waals surface area contributed by atoms with E-state index in [1.807, 2.05) is 0 Å². The molecule has 2 saturated carbocycles. The molecule has 0 aromatic heterocycles. The normalized spacial score (nSPS) is 25.1. The third-order valence-electron chi connectivity index (χ3n) is 3.10. The van der Waals surface area contributed by atoms with Crippen molar-refractivity contribution >= 4 is 5.91 Å². The Hall–Kier alpha value is -1.04. The highest BCUT2D eigenvalue weighted by atomic mass is 16.2. The van der Waals surface area contributed by atoms with Gasteiger partial charge >= 0.3 is 0 Å². The van der Waals surface area contributed by atoms with Gasteiger partial charge in [-0.3, -0.25) is 4.79 Å². The molecule has 2 rings (SSSR count). The van der Waals surface area contributed by atoms with Gasteiger partial charge < -0.3 is 5.32 Å². The first-order valence-electron chi connectivity index (χ1n) is 5.34. The minimum atomic E-state index is -0.498. The standard InChI is InChI=1S/C11H15N2O/c12-8-11(6-7-11)13-10(14)9-4-2-1-3-5-9/h1-7H2,(H,13,14). The summed E-state index contributed by atoms with van der Waals surface area (Å²) in [6.07, 6.45) is 6.98. The summed E-state index contributed by atoms with van der Waals surface area (Å²) in [6.45, 7) is 0. The van der Waals surface area contributed by atoms with Crippen molar-refractivity contribution in [3.63, 3.8) is 0 Å². The van der Waals surface area contributed by atoms with Crippen LogP contribution in [0.4, 0.5) is 0 Å². The summed E-state index contributed by atoms with van der Waals surface area (Å²) in [5.41, 5.74) is -0.498. The average molecular weight is 191 g/mol. The van der Waals surface area contributed by atoms with Gasteiger partial charge in [0.1, 0.15) is 5.54 Å². The van der Waals surface area contributed by atoms with Crippen LogP contribution < -0.4 is 5.32 Å². The number of hydrogen-bond donors (Lipinski definition) is 1. The average Bonchev–Trinajstić information content (AvgIpc) is 3.00. The predicted octanol–water partition coefficient (Wildman–Crippen LogP) is 1.70. The van der Waals surface area contributed by atoms with E-state index < -0.39 is 5.54 Å². The van der Waals surface area contributed by atoms with E-state index in [1.54, 1.807) is 0 Å². The minimum Gasteiger partial charge on any atom is -0.337 e. The van der Waals surface area contributed by atoms with Crippen LogP contribution in [0.15, 0.2) is 0 Å². The third kappa shape index (κ3) is 1.89. The van der Waals surface area contributed by atoms with E-state index in [-0.39, 0.29) is 5.91 Å². The SMILES string of the molecule is N#CC1(NC(=O)[C]2CCCCC2)CC1. The fourth-order valence-corrected chi connectivity index (χ4v) is 1.90. The highest BCUT2D eigenvalue weighted by Crippen LogP contribution is 2.35. The van der Waals surface area contributed by atoms with E-state index in [0.29, 0.717) is 0 Å². The van der Waals surface area contributed by atoms with Crippen molar-refractivity contribution in [2.75, 3.05) is 0 Å². The van der Waals surface area contributed by atoms with Crippen LogP contribution in [-0.2, 0) is 4.79 Å². The molecule has 3 heteroatoms. The molecule has 75 valence electrons. The van der Waals surface area contributed by atoms with Crippen molar-refractivity contribution in [1.29, 1.82) is 5.26 Å². The Kier molecular flexibility index (Phi) is 2.45. The van der Waals surface area contributed by atoms with Crippen molar-refractivity contribution in [2.24, 2.45) is 0 Å². The highest BCUT2D eigenvalue weighted by molar-refractivity contribution is 5.91. The summed E-state index contributed by atoms with van der Waals surface area (Å²) < 4.78 is 0. The molecule has 1 amide bonds.